The number of para-hydroxylation sites is 4. The van der Waals surface area contributed by atoms with E-state index in [9.17, 15) is 4.79 Å². The van der Waals surface area contributed by atoms with Gasteiger partial charge in [-0.15, -0.1) is 0 Å². The van der Waals surface area contributed by atoms with Crippen molar-refractivity contribution >= 4 is 17.4 Å². The highest BCUT2D eigenvalue weighted by molar-refractivity contribution is 5.93. The maximum absolute atomic E-state index is 12.8. The second-order valence-corrected chi connectivity index (χ2v) is 7.37. The van der Waals surface area contributed by atoms with Gasteiger partial charge in [0.1, 0.15) is 6.61 Å². The Balaban J connectivity index is 1.38. The molecule has 0 unspecified atom stereocenters. The summed E-state index contributed by atoms with van der Waals surface area (Å²) in [5.74, 6) is 1.48. The fourth-order valence-electron chi connectivity index (χ4n) is 3.74. The van der Waals surface area contributed by atoms with E-state index < -0.39 is 0 Å². The minimum absolute atomic E-state index is 0.146. The third kappa shape index (κ3) is 4.16. The molecule has 0 aliphatic carbocycles. The molecule has 0 saturated carbocycles. The van der Waals surface area contributed by atoms with Crippen molar-refractivity contribution in [1.29, 1.82) is 0 Å². The third-order valence-electron chi connectivity index (χ3n) is 5.23. The topological polar surface area (TPSA) is 54.0 Å². The van der Waals surface area contributed by atoms with Gasteiger partial charge in [-0.1, -0.05) is 24.3 Å². The van der Waals surface area contributed by atoms with E-state index in [2.05, 4.69) is 16.3 Å². The van der Waals surface area contributed by atoms with Crippen LogP contribution in [0.1, 0.15) is 19.3 Å². The Hall–Kier alpha value is -2.89. The number of nitrogens with one attached hydrogen (secondary N) is 1. The average molecular weight is 381 g/mol. The van der Waals surface area contributed by atoms with E-state index >= 15 is 0 Å². The number of hydrogen-bond acceptors (Lipinski definition) is 4. The molecule has 0 aromatic heterocycles. The predicted molar refractivity (Wildman–Crippen MR) is 111 cm³/mol. The van der Waals surface area contributed by atoms with Gasteiger partial charge in [0.2, 0.25) is 0 Å². The summed E-state index contributed by atoms with van der Waals surface area (Å²) in [5, 5.41) is 3.07. The molecule has 28 heavy (non-hydrogen) atoms. The lowest BCUT2D eigenvalue weighted by Gasteiger charge is -2.32. The third-order valence-corrected chi connectivity index (χ3v) is 5.23. The van der Waals surface area contributed by atoms with Crippen LogP contribution < -0.4 is 19.7 Å². The van der Waals surface area contributed by atoms with Crippen LogP contribution in [0, 0.1) is 0 Å². The van der Waals surface area contributed by atoms with E-state index in [1.54, 1.807) is 11.9 Å². The summed E-state index contributed by atoms with van der Waals surface area (Å²) in [7, 11) is 1.78. The maximum Gasteiger partial charge on any atom is 0.321 e. The summed E-state index contributed by atoms with van der Waals surface area (Å²) in [4.78, 5) is 16.8. The van der Waals surface area contributed by atoms with Crippen LogP contribution in [0.5, 0.6) is 11.5 Å². The molecule has 0 bridgehead atoms. The van der Waals surface area contributed by atoms with Crippen LogP contribution in [0.4, 0.5) is 16.2 Å². The van der Waals surface area contributed by atoms with Gasteiger partial charge in [0.15, 0.2) is 17.6 Å². The zero-order valence-electron chi connectivity index (χ0n) is 16.3. The monoisotopic (exact) mass is 381 g/mol. The Bertz CT molecular complexity index is 820. The number of likely N-dealkylation sites (N-methyl/N-ethyl adjacent to an activating group) is 1. The predicted octanol–water partition coefficient (Wildman–Crippen LogP) is 3.98. The van der Waals surface area contributed by atoms with Crippen molar-refractivity contribution in [3.63, 3.8) is 0 Å². The highest BCUT2D eigenvalue weighted by Gasteiger charge is 2.24. The molecule has 2 heterocycles. The van der Waals surface area contributed by atoms with E-state index in [0.29, 0.717) is 13.2 Å². The molecule has 1 atom stereocenters. The lowest BCUT2D eigenvalue weighted by atomic mass is 10.1. The highest BCUT2D eigenvalue weighted by atomic mass is 16.6. The summed E-state index contributed by atoms with van der Waals surface area (Å²) in [5.41, 5.74) is 1.95. The van der Waals surface area contributed by atoms with Gasteiger partial charge < -0.3 is 24.6 Å². The minimum atomic E-state index is -0.192. The molecule has 0 radical (unpaired) electrons. The second kappa shape index (κ2) is 8.42. The summed E-state index contributed by atoms with van der Waals surface area (Å²) in [6, 6.07) is 15.5. The first-order chi connectivity index (χ1) is 13.7. The number of fused-ring (bicyclic) bond motifs is 1. The standard InChI is InChI=1S/C22H27N3O3/c1-24(15-17-16-27-20-11-5-6-12-21(20)28-17)22(26)23-18-9-3-4-10-19(18)25-13-7-2-8-14-25/h3-6,9-12,17H,2,7-8,13-16H2,1H3,(H,23,26)/t17-/m1/s1. The van der Waals surface area contributed by atoms with Crippen molar-refractivity contribution in [3.05, 3.63) is 48.5 Å². The molecule has 2 aliphatic rings. The molecule has 2 amide bonds. The van der Waals surface area contributed by atoms with Gasteiger partial charge in [0.25, 0.3) is 0 Å². The number of amides is 2. The van der Waals surface area contributed by atoms with Crippen LogP contribution in [-0.4, -0.2) is 50.3 Å². The molecule has 148 valence electrons. The number of carbonyl (C=O) groups excluding carboxylic acids is 1. The average Bonchev–Trinajstić information content (AvgIpc) is 2.74. The smallest absolute Gasteiger partial charge is 0.321 e. The number of benzene rings is 2. The van der Waals surface area contributed by atoms with Gasteiger partial charge in [-0.3, -0.25) is 0 Å². The maximum atomic E-state index is 12.8. The molecule has 1 saturated heterocycles. The molecule has 6 nitrogen and oxygen atoms in total. The lowest BCUT2D eigenvalue weighted by Crippen LogP contribution is -2.43. The number of carbonyl (C=O) groups is 1. The number of nitrogens with zero attached hydrogens (tertiary/aromatic N) is 2. The van der Waals surface area contributed by atoms with E-state index in [0.717, 1.165) is 36.0 Å². The molecule has 0 spiro atoms. The Labute approximate surface area is 166 Å². The van der Waals surface area contributed by atoms with Crippen molar-refractivity contribution < 1.29 is 14.3 Å². The zero-order valence-corrected chi connectivity index (χ0v) is 16.3. The molecule has 2 aromatic carbocycles. The van der Waals surface area contributed by atoms with Crippen molar-refractivity contribution in [2.75, 3.05) is 43.5 Å². The van der Waals surface area contributed by atoms with Crippen molar-refractivity contribution in [2.24, 2.45) is 0 Å². The number of piperidine rings is 1. The Morgan fingerprint density at radius 2 is 1.79 bits per heavy atom. The fourth-order valence-corrected chi connectivity index (χ4v) is 3.74. The van der Waals surface area contributed by atoms with Gasteiger partial charge in [-0.05, 0) is 43.5 Å². The van der Waals surface area contributed by atoms with Gasteiger partial charge >= 0.3 is 6.03 Å². The summed E-state index contributed by atoms with van der Waals surface area (Å²) >= 11 is 0. The van der Waals surface area contributed by atoms with Crippen molar-refractivity contribution in [1.82, 2.24) is 4.90 Å². The summed E-state index contributed by atoms with van der Waals surface area (Å²) in [6.45, 7) is 2.95. The van der Waals surface area contributed by atoms with Gasteiger partial charge in [0, 0.05) is 20.1 Å². The molecule has 6 heteroatoms. The Morgan fingerprint density at radius 1 is 1.07 bits per heavy atom. The summed E-state index contributed by atoms with van der Waals surface area (Å²) < 4.78 is 11.7. The number of rotatable bonds is 4. The lowest BCUT2D eigenvalue weighted by molar-refractivity contribution is 0.0731. The Kier molecular flexibility index (Phi) is 5.55. The normalized spacial score (nSPS) is 18.5. The van der Waals surface area contributed by atoms with Crippen LogP contribution in [-0.2, 0) is 0 Å². The van der Waals surface area contributed by atoms with E-state index in [4.69, 9.17) is 9.47 Å². The van der Waals surface area contributed by atoms with Crippen LogP contribution in [0.15, 0.2) is 48.5 Å². The first kappa shape index (κ1) is 18.5. The van der Waals surface area contributed by atoms with E-state index in [-0.39, 0.29) is 12.1 Å². The van der Waals surface area contributed by atoms with Gasteiger partial charge in [0.05, 0.1) is 17.9 Å². The molecular formula is C22H27N3O3. The minimum Gasteiger partial charge on any atom is -0.486 e. The summed E-state index contributed by atoms with van der Waals surface area (Å²) in [6.07, 6.45) is 3.48. The zero-order chi connectivity index (χ0) is 19.3. The number of ether oxygens (including phenoxy) is 2. The number of anilines is 2. The second-order valence-electron chi connectivity index (χ2n) is 7.37. The van der Waals surface area contributed by atoms with Crippen LogP contribution >= 0.6 is 0 Å². The fraction of sp³-hybridized carbons (Fsp3) is 0.409. The number of urea groups is 1. The molecule has 2 aliphatic heterocycles. The quantitative estimate of drug-likeness (QED) is 0.870. The van der Waals surface area contributed by atoms with Gasteiger partial charge in [-0.25, -0.2) is 4.79 Å². The van der Waals surface area contributed by atoms with Crippen LogP contribution in [0.3, 0.4) is 0 Å². The van der Waals surface area contributed by atoms with E-state index in [1.807, 2.05) is 42.5 Å². The first-order valence-electron chi connectivity index (χ1n) is 9.95. The molecule has 1 fully saturated rings. The SMILES string of the molecule is CN(C[C@@H]1COc2ccccc2O1)C(=O)Nc1ccccc1N1CCCCC1. The van der Waals surface area contributed by atoms with E-state index in [1.165, 1.54) is 19.3 Å². The first-order valence-corrected chi connectivity index (χ1v) is 9.95. The Morgan fingerprint density at radius 3 is 2.61 bits per heavy atom. The van der Waals surface area contributed by atoms with Crippen LogP contribution in [0.25, 0.3) is 0 Å². The largest absolute Gasteiger partial charge is 0.486 e. The van der Waals surface area contributed by atoms with Gasteiger partial charge in [-0.2, -0.15) is 0 Å². The number of hydrogen-bond donors (Lipinski definition) is 1. The highest BCUT2D eigenvalue weighted by Crippen LogP contribution is 2.31. The van der Waals surface area contributed by atoms with Crippen LogP contribution in [0.2, 0.25) is 0 Å². The molecule has 4 rings (SSSR count). The molecule has 2 aromatic rings. The molecular weight excluding hydrogens is 354 g/mol. The molecule has 1 N–H and O–H groups in total. The van der Waals surface area contributed by atoms with Crippen molar-refractivity contribution in [2.45, 2.75) is 25.4 Å². The van der Waals surface area contributed by atoms with Crippen molar-refractivity contribution in [3.8, 4) is 11.5 Å².